The first-order valence-corrected chi connectivity index (χ1v) is 20.9. The van der Waals surface area contributed by atoms with Gasteiger partial charge in [0.2, 0.25) is 11.8 Å². The largest absolute Gasteiger partial charge is 0.418 e. The Morgan fingerprint density at radius 3 is 1.98 bits per heavy atom. The zero-order valence-electron chi connectivity index (χ0n) is 28.7. The molecule has 49 heavy (non-hydrogen) atoms. The minimum Gasteiger partial charge on any atom is -0.418 e. The zero-order valence-corrected chi connectivity index (χ0v) is 29.7. The second-order valence-electron chi connectivity index (χ2n) is 14.3. The molecule has 5 atom stereocenters. The average Bonchev–Trinajstić information content (AvgIpc) is 3.32. The van der Waals surface area contributed by atoms with Crippen LogP contribution in [-0.2, 0) is 14.0 Å². The number of hydrogen-bond donors (Lipinski definition) is 1. The molecule has 0 spiro atoms. The summed E-state index contributed by atoms with van der Waals surface area (Å²) >= 11 is 0. The Bertz CT molecular complexity index is 1550. The molecule has 3 amide bonds. The highest BCUT2D eigenvalue weighted by atomic mass is 28.4. The molecule has 3 aliphatic carbocycles. The number of likely N-dealkylation sites (tertiary alicyclic amines) is 1. The van der Waals surface area contributed by atoms with Gasteiger partial charge in [-0.2, -0.15) is 0 Å². The topological polar surface area (TPSA) is 162 Å². The monoisotopic (exact) mass is 692 g/mol. The first kappa shape index (κ1) is 36.3. The molecule has 6 rings (SSSR count). The summed E-state index contributed by atoms with van der Waals surface area (Å²) in [6.45, 7) is 7.83. The van der Waals surface area contributed by atoms with E-state index in [1.54, 1.807) is 0 Å². The number of carbonyl (C=O) groups is 3. The molecule has 1 N–H and O–H groups in total. The van der Waals surface area contributed by atoms with Gasteiger partial charge in [0.05, 0.1) is 33.3 Å². The number of hydrogen-bond acceptors (Lipinski definition) is 8. The first-order chi connectivity index (χ1) is 23.4. The van der Waals surface area contributed by atoms with Crippen LogP contribution in [0.15, 0.2) is 42.5 Å². The van der Waals surface area contributed by atoms with Gasteiger partial charge in [0.15, 0.2) is 8.32 Å². The van der Waals surface area contributed by atoms with Crippen LogP contribution >= 0.6 is 0 Å². The zero-order chi connectivity index (χ0) is 35.3. The maximum absolute atomic E-state index is 13.9. The maximum atomic E-state index is 13.9. The molecular formula is C36H48N4O8Si. The van der Waals surface area contributed by atoms with Gasteiger partial charge in [-0.25, -0.2) is 0 Å². The van der Waals surface area contributed by atoms with Crippen molar-refractivity contribution >= 4 is 37.4 Å². The van der Waals surface area contributed by atoms with Crippen LogP contribution in [0.1, 0.15) is 104 Å². The normalized spacial score (nSPS) is 22.6. The van der Waals surface area contributed by atoms with Crippen molar-refractivity contribution in [2.75, 3.05) is 13.2 Å². The van der Waals surface area contributed by atoms with Gasteiger partial charge >= 0.3 is 0 Å². The van der Waals surface area contributed by atoms with Crippen LogP contribution < -0.4 is 5.32 Å². The van der Waals surface area contributed by atoms with Gasteiger partial charge in [-0.05, 0) is 55.9 Å². The number of nitrogens with one attached hydrogen (secondary N) is 1. The maximum Gasteiger partial charge on any atom is 0.277 e. The Labute approximate surface area is 288 Å². The van der Waals surface area contributed by atoms with Crippen molar-refractivity contribution in [3.63, 3.8) is 0 Å². The SMILES string of the molecule is CCO[Si](C)(C)CCCCCCCCCCCN1C(=O)[C@@H]2[C@H](C1=O)[C@@H]1c3ccccc3[C@H]2C[C@H]1NC(=O)c1cc([N+](=O)[O-])cc([N+](=O)[O-])c1. The number of fused-ring (bicyclic) bond motifs is 1. The molecule has 0 radical (unpaired) electrons. The highest BCUT2D eigenvalue weighted by Gasteiger charge is 2.62. The van der Waals surface area contributed by atoms with E-state index < -0.39 is 59.2 Å². The molecule has 2 fully saturated rings. The van der Waals surface area contributed by atoms with Gasteiger partial charge in [-0.15, -0.1) is 0 Å². The molecule has 1 heterocycles. The Morgan fingerprint density at radius 1 is 0.837 bits per heavy atom. The summed E-state index contributed by atoms with van der Waals surface area (Å²) in [4.78, 5) is 63.8. The first-order valence-electron chi connectivity index (χ1n) is 17.8. The third-order valence-electron chi connectivity index (χ3n) is 10.6. The lowest BCUT2D eigenvalue weighted by atomic mass is 9.55. The lowest BCUT2D eigenvalue weighted by Crippen LogP contribution is -2.53. The second kappa shape index (κ2) is 15.7. The van der Waals surface area contributed by atoms with Gasteiger partial charge in [0, 0.05) is 37.2 Å². The van der Waals surface area contributed by atoms with E-state index in [4.69, 9.17) is 4.43 Å². The van der Waals surface area contributed by atoms with E-state index in [1.165, 1.54) is 43.0 Å². The Kier molecular flexibility index (Phi) is 11.6. The lowest BCUT2D eigenvalue weighted by Gasteiger charge is -2.49. The lowest BCUT2D eigenvalue weighted by molar-refractivity contribution is -0.394. The molecule has 1 aliphatic heterocycles. The van der Waals surface area contributed by atoms with Gasteiger partial charge < -0.3 is 9.74 Å². The van der Waals surface area contributed by atoms with Crippen LogP contribution in [0.4, 0.5) is 11.4 Å². The summed E-state index contributed by atoms with van der Waals surface area (Å²) in [6.07, 6.45) is 10.5. The number of amides is 3. The molecule has 13 heteroatoms. The van der Waals surface area contributed by atoms with Gasteiger partial charge in [-0.3, -0.25) is 39.5 Å². The van der Waals surface area contributed by atoms with Crippen molar-refractivity contribution in [3.05, 3.63) is 79.4 Å². The standard InChI is InChI=1S/C36H48N4O8Si/c1-4-48-49(2,3)19-15-11-9-7-5-6-8-10-14-18-38-35(42)32-29-23-30(31(33(32)36(38)43)28-17-13-12-16-27(28)29)37-34(41)24-20-25(39(44)45)22-26(21-24)40(46)47/h12-13,16-17,20-22,29-33H,4-11,14-15,18-19,23H2,1-3H3,(H,37,41)/t29-,30-,31-,32+,33-/m1/s1. The van der Waals surface area contributed by atoms with Crippen LogP contribution in [0.2, 0.25) is 19.1 Å². The number of nitrogens with zero attached hydrogens (tertiary/aromatic N) is 3. The average molecular weight is 693 g/mol. The number of rotatable bonds is 18. The minimum absolute atomic E-state index is 0.144. The Balaban J connectivity index is 1.16. The number of carbonyl (C=O) groups excluding carboxylic acids is 3. The Morgan fingerprint density at radius 2 is 1.39 bits per heavy atom. The number of nitro benzene ring substituents is 2. The van der Waals surface area contributed by atoms with E-state index in [1.807, 2.05) is 24.3 Å². The molecule has 264 valence electrons. The number of unbranched alkanes of at least 4 members (excludes halogenated alkanes) is 8. The van der Waals surface area contributed by atoms with E-state index >= 15 is 0 Å². The third-order valence-corrected chi connectivity index (χ3v) is 13.2. The predicted octanol–water partition coefficient (Wildman–Crippen LogP) is 7.24. The molecule has 2 aromatic rings. The molecule has 0 aromatic heterocycles. The predicted molar refractivity (Wildman–Crippen MR) is 187 cm³/mol. The van der Waals surface area contributed by atoms with Crippen molar-refractivity contribution in [3.8, 4) is 0 Å². The molecule has 12 nitrogen and oxygen atoms in total. The fourth-order valence-corrected chi connectivity index (χ4v) is 10.4. The number of imide groups is 1. The molecule has 1 saturated heterocycles. The van der Waals surface area contributed by atoms with E-state index in [2.05, 4.69) is 25.3 Å². The highest BCUT2D eigenvalue weighted by Crippen LogP contribution is 2.58. The molecule has 2 bridgehead atoms. The van der Waals surface area contributed by atoms with Crippen LogP contribution in [0, 0.1) is 32.1 Å². The summed E-state index contributed by atoms with van der Waals surface area (Å²) < 4.78 is 5.91. The van der Waals surface area contributed by atoms with Gasteiger partial charge in [0.1, 0.15) is 0 Å². The third kappa shape index (κ3) is 8.09. The van der Waals surface area contributed by atoms with Crippen molar-refractivity contribution < 1.29 is 28.7 Å². The van der Waals surface area contributed by atoms with Crippen LogP contribution in [0.3, 0.4) is 0 Å². The quantitative estimate of drug-likeness (QED) is 0.0562. The summed E-state index contributed by atoms with van der Waals surface area (Å²) in [5, 5.41) is 25.7. The van der Waals surface area contributed by atoms with Gasteiger partial charge in [0.25, 0.3) is 17.3 Å². The summed E-state index contributed by atoms with van der Waals surface area (Å²) in [7, 11) is -1.48. The fraction of sp³-hybridized carbons (Fsp3) is 0.583. The summed E-state index contributed by atoms with van der Waals surface area (Å²) in [6, 6.07) is 11.2. The van der Waals surface area contributed by atoms with Crippen molar-refractivity contribution in [2.45, 2.75) is 108 Å². The van der Waals surface area contributed by atoms with Crippen molar-refractivity contribution in [1.29, 1.82) is 0 Å². The van der Waals surface area contributed by atoms with Crippen LogP contribution in [0.25, 0.3) is 0 Å². The van der Waals surface area contributed by atoms with Crippen molar-refractivity contribution in [2.24, 2.45) is 11.8 Å². The molecule has 4 aliphatic rings. The van der Waals surface area contributed by atoms with E-state index in [0.717, 1.165) is 61.6 Å². The van der Waals surface area contributed by atoms with Crippen molar-refractivity contribution in [1.82, 2.24) is 10.2 Å². The second-order valence-corrected chi connectivity index (χ2v) is 18.6. The minimum atomic E-state index is -1.48. The van der Waals surface area contributed by atoms with E-state index in [0.29, 0.717) is 13.0 Å². The number of non-ortho nitro benzene ring substituents is 2. The molecule has 1 saturated carbocycles. The van der Waals surface area contributed by atoms with Crippen LogP contribution in [0.5, 0.6) is 0 Å². The Hall–Kier alpha value is -3.97. The molecule has 2 aromatic carbocycles. The van der Waals surface area contributed by atoms with Crippen LogP contribution in [-0.4, -0.2) is 60.0 Å². The van der Waals surface area contributed by atoms with E-state index in [-0.39, 0.29) is 23.3 Å². The van der Waals surface area contributed by atoms with E-state index in [9.17, 15) is 34.6 Å². The molecule has 0 unspecified atom stereocenters. The summed E-state index contributed by atoms with van der Waals surface area (Å²) in [5.41, 5.74) is 0.603. The fourth-order valence-electron chi connectivity index (χ4n) is 8.35. The highest BCUT2D eigenvalue weighted by molar-refractivity contribution is 6.71. The summed E-state index contributed by atoms with van der Waals surface area (Å²) in [5.74, 6) is -2.90. The molecular weight excluding hydrogens is 645 g/mol. The number of benzene rings is 2. The van der Waals surface area contributed by atoms with Gasteiger partial charge in [-0.1, -0.05) is 75.6 Å². The number of nitro groups is 2. The smallest absolute Gasteiger partial charge is 0.277 e.